The Balaban J connectivity index is 1.81. The zero-order valence-corrected chi connectivity index (χ0v) is 17.7. The normalized spacial score (nSPS) is 12.2. The lowest BCUT2D eigenvalue weighted by Crippen LogP contribution is -2.33. The van der Waals surface area contributed by atoms with Crippen molar-refractivity contribution >= 4 is 5.71 Å². The van der Waals surface area contributed by atoms with Crippen molar-refractivity contribution in [3.63, 3.8) is 0 Å². The first-order valence-electron chi connectivity index (χ1n) is 9.41. The van der Waals surface area contributed by atoms with Gasteiger partial charge in [-0.25, -0.2) is 4.79 Å². The molecule has 0 N–H and O–H groups in total. The molecule has 33 heavy (non-hydrogen) atoms. The molecule has 0 bridgehead atoms. The first-order chi connectivity index (χ1) is 15.6. The van der Waals surface area contributed by atoms with Crippen LogP contribution in [0.2, 0.25) is 0 Å². The van der Waals surface area contributed by atoms with E-state index in [1.54, 1.807) is 18.2 Å². The smallest absolute Gasteiger partial charge is 0.461 e. The van der Waals surface area contributed by atoms with E-state index in [9.17, 15) is 22.4 Å². The molecule has 0 spiro atoms. The fraction of sp³-hybridized carbons (Fsp3) is 0.300. The molecule has 0 radical (unpaired) electrons. The van der Waals surface area contributed by atoms with Gasteiger partial charge in [0.05, 0.1) is 24.1 Å². The van der Waals surface area contributed by atoms with Gasteiger partial charge in [-0.1, -0.05) is 23.4 Å². The summed E-state index contributed by atoms with van der Waals surface area (Å²) in [5, 5.41) is 11.4. The molecule has 0 aliphatic rings. The van der Waals surface area contributed by atoms with E-state index in [1.807, 2.05) is 0 Å². The third-order valence-corrected chi connectivity index (χ3v) is 4.45. The molecule has 1 aromatic heterocycles. The van der Waals surface area contributed by atoms with Crippen LogP contribution in [0.25, 0.3) is 5.69 Å². The van der Waals surface area contributed by atoms with E-state index in [-0.39, 0.29) is 12.3 Å². The molecule has 0 aliphatic carbocycles. The van der Waals surface area contributed by atoms with Crippen molar-refractivity contribution in [3.8, 4) is 17.2 Å². The van der Waals surface area contributed by atoms with Crippen molar-refractivity contribution in [1.82, 2.24) is 19.8 Å². The Bertz CT molecular complexity index is 1210. The highest BCUT2D eigenvalue weighted by Gasteiger charge is 2.44. The second kappa shape index (κ2) is 9.71. The molecule has 0 saturated heterocycles. The molecule has 0 fully saturated rings. The third-order valence-electron chi connectivity index (χ3n) is 4.45. The Morgan fingerprint density at radius 3 is 2.55 bits per heavy atom. The van der Waals surface area contributed by atoms with E-state index in [0.717, 1.165) is 21.5 Å². The van der Waals surface area contributed by atoms with E-state index < -0.39 is 24.0 Å². The molecule has 3 aromatic rings. The number of alkyl halides is 4. The van der Waals surface area contributed by atoms with Crippen LogP contribution in [0, 0.1) is 0 Å². The van der Waals surface area contributed by atoms with Crippen LogP contribution in [0.15, 0.2) is 52.4 Å². The average Bonchev–Trinajstić information content (AvgIpc) is 3.11. The number of aromatic nitrogens is 4. The van der Waals surface area contributed by atoms with Crippen LogP contribution in [0.1, 0.15) is 18.1 Å². The number of rotatable bonds is 9. The van der Waals surface area contributed by atoms with Crippen molar-refractivity contribution in [1.29, 1.82) is 0 Å². The number of aryl methyl sites for hydroxylation is 1. The van der Waals surface area contributed by atoms with Crippen LogP contribution in [0.5, 0.6) is 11.5 Å². The summed E-state index contributed by atoms with van der Waals surface area (Å²) >= 11 is 0. The lowest BCUT2D eigenvalue weighted by atomic mass is 10.1. The monoisotopic (exact) mass is 469 g/mol. The summed E-state index contributed by atoms with van der Waals surface area (Å²) in [5.41, 5.74) is 0.899. The SMILES string of the molecule is COc1cccc(-n2nnn(C)c2=O)c1CON=C(C)c1cccc(OC(F)(F)C(F)F)c1. The van der Waals surface area contributed by atoms with Gasteiger partial charge in [-0.15, -0.1) is 0 Å². The summed E-state index contributed by atoms with van der Waals surface area (Å²) in [6.07, 6.45) is -8.60. The predicted molar refractivity (Wildman–Crippen MR) is 108 cm³/mol. The van der Waals surface area contributed by atoms with Crippen molar-refractivity contribution in [2.75, 3.05) is 7.11 Å². The minimum Gasteiger partial charge on any atom is -0.496 e. The van der Waals surface area contributed by atoms with E-state index in [0.29, 0.717) is 22.6 Å². The van der Waals surface area contributed by atoms with Crippen molar-refractivity contribution in [3.05, 3.63) is 64.1 Å². The predicted octanol–water partition coefficient (Wildman–Crippen LogP) is 3.15. The highest BCUT2D eigenvalue weighted by molar-refractivity contribution is 5.98. The largest absolute Gasteiger partial charge is 0.496 e. The van der Waals surface area contributed by atoms with Crippen molar-refractivity contribution < 1.29 is 31.9 Å². The van der Waals surface area contributed by atoms with Gasteiger partial charge in [0.1, 0.15) is 18.1 Å². The van der Waals surface area contributed by atoms with Crippen molar-refractivity contribution in [2.45, 2.75) is 26.1 Å². The van der Waals surface area contributed by atoms with Crippen LogP contribution in [-0.4, -0.2) is 45.1 Å². The summed E-state index contributed by atoms with van der Waals surface area (Å²) < 4.78 is 62.6. The molecule has 9 nitrogen and oxygen atoms in total. The second-order valence-corrected chi connectivity index (χ2v) is 6.70. The maximum absolute atomic E-state index is 13.2. The first-order valence-corrected chi connectivity index (χ1v) is 9.41. The van der Waals surface area contributed by atoms with E-state index in [2.05, 4.69) is 20.3 Å². The minimum absolute atomic E-state index is 0.140. The summed E-state index contributed by atoms with van der Waals surface area (Å²) in [4.78, 5) is 17.6. The Morgan fingerprint density at radius 1 is 1.18 bits per heavy atom. The first kappa shape index (κ1) is 23.8. The molecule has 3 rings (SSSR count). The van der Waals surface area contributed by atoms with Gasteiger partial charge in [0, 0.05) is 12.6 Å². The van der Waals surface area contributed by atoms with Crippen LogP contribution in [0.3, 0.4) is 0 Å². The molecular weight excluding hydrogens is 450 g/mol. The number of ether oxygens (including phenoxy) is 2. The molecule has 0 aliphatic heterocycles. The fourth-order valence-electron chi connectivity index (χ4n) is 2.79. The van der Waals surface area contributed by atoms with Gasteiger partial charge in [-0.05, 0) is 41.6 Å². The van der Waals surface area contributed by atoms with Crippen molar-refractivity contribution in [2.24, 2.45) is 12.2 Å². The average molecular weight is 469 g/mol. The fourth-order valence-corrected chi connectivity index (χ4v) is 2.79. The van der Waals surface area contributed by atoms with Crippen LogP contribution < -0.4 is 15.2 Å². The van der Waals surface area contributed by atoms with Gasteiger partial charge in [0.25, 0.3) is 0 Å². The standard InChI is InChI=1S/C20H19F4N5O4/c1-12(13-6-4-7-14(10-13)33-20(23,24)18(21)22)25-32-11-15-16(8-5-9-17(15)31-3)29-19(30)28(2)26-27-29/h4-10,18H,11H2,1-3H3. The molecule has 2 aromatic carbocycles. The third kappa shape index (κ3) is 5.30. The zero-order chi connectivity index (χ0) is 24.2. The van der Waals surface area contributed by atoms with Crippen LogP contribution >= 0.6 is 0 Å². The molecule has 0 amide bonds. The molecule has 0 unspecified atom stereocenters. The van der Waals surface area contributed by atoms with Gasteiger partial charge < -0.3 is 14.3 Å². The van der Waals surface area contributed by atoms with E-state index in [4.69, 9.17) is 9.57 Å². The van der Waals surface area contributed by atoms with Crippen LogP contribution in [-0.2, 0) is 18.5 Å². The number of hydrogen-bond acceptors (Lipinski definition) is 7. The lowest BCUT2D eigenvalue weighted by molar-refractivity contribution is -0.253. The van der Waals surface area contributed by atoms with Crippen LogP contribution in [0.4, 0.5) is 17.6 Å². The van der Waals surface area contributed by atoms with Gasteiger partial charge >= 0.3 is 18.2 Å². The molecule has 1 heterocycles. The van der Waals surface area contributed by atoms with Gasteiger partial charge in [0.2, 0.25) is 0 Å². The number of nitrogens with zero attached hydrogens (tertiary/aromatic N) is 5. The summed E-state index contributed by atoms with van der Waals surface area (Å²) in [6.45, 7) is 1.39. The maximum atomic E-state index is 13.2. The Hall–Kier alpha value is -3.90. The summed E-state index contributed by atoms with van der Waals surface area (Å²) in [5.74, 6) is -0.0519. The van der Waals surface area contributed by atoms with Gasteiger partial charge in [0.15, 0.2) is 0 Å². The number of methoxy groups -OCH3 is 1. The molecule has 0 saturated carbocycles. The Labute approximate surface area is 184 Å². The quantitative estimate of drug-likeness (QED) is 0.272. The minimum atomic E-state index is -4.63. The molecule has 13 heteroatoms. The Morgan fingerprint density at radius 2 is 1.91 bits per heavy atom. The number of tetrazole rings is 1. The zero-order valence-electron chi connectivity index (χ0n) is 17.7. The molecule has 0 atom stereocenters. The topological polar surface area (TPSA) is 92.8 Å². The molecule has 176 valence electrons. The highest BCUT2D eigenvalue weighted by atomic mass is 19.3. The Kier molecular flexibility index (Phi) is 6.99. The molecular formula is C20H19F4N5O4. The number of hydrogen-bond donors (Lipinski definition) is 0. The number of benzene rings is 2. The number of oxime groups is 1. The van der Waals surface area contributed by atoms with Gasteiger partial charge in [-0.3, -0.25) is 0 Å². The number of halogens is 4. The highest BCUT2D eigenvalue weighted by Crippen LogP contribution is 2.28. The maximum Gasteiger partial charge on any atom is 0.461 e. The van der Waals surface area contributed by atoms with Gasteiger partial charge in [-0.2, -0.15) is 26.9 Å². The van der Waals surface area contributed by atoms with E-state index >= 15 is 0 Å². The summed E-state index contributed by atoms with van der Waals surface area (Å²) in [6, 6.07) is 10.1. The van der Waals surface area contributed by atoms with E-state index in [1.165, 1.54) is 33.2 Å². The second-order valence-electron chi connectivity index (χ2n) is 6.70. The summed E-state index contributed by atoms with van der Waals surface area (Å²) in [7, 11) is 2.89. The lowest BCUT2D eigenvalue weighted by Gasteiger charge is -2.17.